The molecule has 2 aromatic heterocycles. The second kappa shape index (κ2) is 7.43. The lowest BCUT2D eigenvalue weighted by molar-refractivity contribution is -0.385. The second-order valence-electron chi connectivity index (χ2n) is 10.3. The van der Waals surface area contributed by atoms with E-state index in [1.165, 1.54) is 31.7 Å². The fourth-order valence-electron chi connectivity index (χ4n) is 7.06. The highest BCUT2D eigenvalue weighted by Gasteiger charge is 2.53. The van der Waals surface area contributed by atoms with Gasteiger partial charge in [-0.2, -0.15) is 5.10 Å². The standard InChI is InChI=1S/C23H27N5O5/c29-21(19-2-1-7-33-19)25-3-5-26(6-4-25)22(30)20-18(28(31)32)14-27(24-20)23-11-15-8-16(12-23)10-17(9-15)13-23/h1-2,7,14-17H,3-6,8-13H2. The van der Waals surface area contributed by atoms with Crippen molar-refractivity contribution in [2.45, 2.75) is 44.1 Å². The molecule has 5 fully saturated rings. The summed E-state index contributed by atoms with van der Waals surface area (Å²) in [4.78, 5) is 40.3. The molecule has 0 N–H and O–H groups in total. The molecular weight excluding hydrogens is 426 g/mol. The van der Waals surface area contributed by atoms with Crippen LogP contribution in [0, 0.1) is 27.9 Å². The minimum absolute atomic E-state index is 0.0819. The molecule has 4 bridgehead atoms. The van der Waals surface area contributed by atoms with E-state index in [-0.39, 0.29) is 28.6 Å². The predicted octanol–water partition coefficient (Wildman–Crippen LogP) is 2.91. The summed E-state index contributed by atoms with van der Waals surface area (Å²) in [6.07, 6.45) is 9.72. The summed E-state index contributed by atoms with van der Waals surface area (Å²) in [7, 11) is 0. The van der Waals surface area contributed by atoms with Crippen molar-refractivity contribution in [1.82, 2.24) is 19.6 Å². The Morgan fingerprint density at radius 3 is 2.09 bits per heavy atom. The van der Waals surface area contributed by atoms with E-state index in [1.807, 2.05) is 0 Å². The third-order valence-electron chi connectivity index (χ3n) is 8.17. The molecule has 4 aliphatic carbocycles. The molecule has 174 valence electrons. The SMILES string of the molecule is O=C(c1ccco1)N1CCN(C(=O)c2nn(C34CC5CC(CC(C5)C3)C4)cc2[N+](=O)[O-])CC1. The van der Waals surface area contributed by atoms with Crippen molar-refractivity contribution in [3.63, 3.8) is 0 Å². The van der Waals surface area contributed by atoms with Gasteiger partial charge in [0.25, 0.3) is 11.8 Å². The van der Waals surface area contributed by atoms with Gasteiger partial charge >= 0.3 is 5.69 Å². The highest BCUT2D eigenvalue weighted by atomic mass is 16.6. The van der Waals surface area contributed by atoms with Crippen molar-refractivity contribution in [3.05, 3.63) is 46.2 Å². The minimum atomic E-state index is -0.492. The van der Waals surface area contributed by atoms with Gasteiger partial charge in [0.05, 0.1) is 16.7 Å². The highest BCUT2D eigenvalue weighted by Crippen LogP contribution is 2.58. The molecule has 7 rings (SSSR count). The summed E-state index contributed by atoms with van der Waals surface area (Å²) < 4.78 is 6.96. The number of hydrogen-bond donors (Lipinski definition) is 0. The average Bonchev–Trinajstić information content (AvgIpc) is 3.48. The first-order valence-electron chi connectivity index (χ1n) is 11.8. The Hall–Kier alpha value is -3.17. The Labute approximate surface area is 190 Å². The Kier molecular flexibility index (Phi) is 4.60. The summed E-state index contributed by atoms with van der Waals surface area (Å²) in [5.41, 5.74) is -0.488. The van der Waals surface area contributed by atoms with Crippen molar-refractivity contribution in [3.8, 4) is 0 Å². The minimum Gasteiger partial charge on any atom is -0.459 e. The first-order valence-corrected chi connectivity index (χ1v) is 11.8. The van der Waals surface area contributed by atoms with E-state index >= 15 is 0 Å². The Bertz CT molecular complexity index is 1060. The maximum absolute atomic E-state index is 13.3. The summed E-state index contributed by atoms with van der Waals surface area (Å²) in [6, 6.07) is 3.27. The lowest BCUT2D eigenvalue weighted by Crippen LogP contribution is -2.52. The van der Waals surface area contributed by atoms with Crippen molar-refractivity contribution in [2.24, 2.45) is 17.8 Å². The second-order valence-corrected chi connectivity index (χ2v) is 10.3. The van der Waals surface area contributed by atoms with Gasteiger partial charge in [0.2, 0.25) is 5.69 Å². The molecule has 0 radical (unpaired) electrons. The van der Waals surface area contributed by atoms with Gasteiger partial charge in [-0.25, -0.2) is 0 Å². The molecule has 5 aliphatic rings. The molecule has 0 atom stereocenters. The van der Waals surface area contributed by atoms with Crippen molar-refractivity contribution in [1.29, 1.82) is 0 Å². The Morgan fingerprint density at radius 2 is 1.58 bits per heavy atom. The molecule has 10 heteroatoms. The van der Waals surface area contributed by atoms with Gasteiger partial charge < -0.3 is 14.2 Å². The summed E-state index contributed by atoms with van der Waals surface area (Å²) in [5, 5.41) is 16.4. The van der Waals surface area contributed by atoms with Gasteiger partial charge in [-0.15, -0.1) is 0 Å². The number of hydrogen-bond acceptors (Lipinski definition) is 6. The van der Waals surface area contributed by atoms with Crippen molar-refractivity contribution in [2.75, 3.05) is 26.2 Å². The van der Waals surface area contributed by atoms with Crippen LogP contribution in [0.3, 0.4) is 0 Å². The third kappa shape index (κ3) is 3.34. The van der Waals surface area contributed by atoms with E-state index in [1.54, 1.807) is 26.6 Å². The van der Waals surface area contributed by atoms with Gasteiger partial charge in [-0.05, 0) is 68.4 Å². The number of piperazine rings is 1. The van der Waals surface area contributed by atoms with Gasteiger partial charge in [0.1, 0.15) is 6.20 Å². The number of amides is 2. The summed E-state index contributed by atoms with van der Waals surface area (Å²) >= 11 is 0. The topological polar surface area (TPSA) is 115 Å². The van der Waals surface area contributed by atoms with E-state index in [4.69, 9.17) is 4.42 Å². The predicted molar refractivity (Wildman–Crippen MR) is 116 cm³/mol. The lowest BCUT2D eigenvalue weighted by Gasteiger charge is -2.56. The van der Waals surface area contributed by atoms with Crippen LogP contribution in [0.25, 0.3) is 0 Å². The summed E-state index contributed by atoms with van der Waals surface area (Å²) in [5.74, 6) is 1.61. The maximum Gasteiger partial charge on any atom is 0.320 e. The van der Waals surface area contributed by atoms with Crippen molar-refractivity contribution >= 4 is 17.5 Å². The monoisotopic (exact) mass is 453 g/mol. The normalized spacial score (nSPS) is 30.6. The molecule has 2 aromatic rings. The third-order valence-corrected chi connectivity index (χ3v) is 8.17. The Balaban J connectivity index is 1.22. The number of nitrogens with zero attached hydrogens (tertiary/aromatic N) is 5. The molecule has 3 heterocycles. The van der Waals surface area contributed by atoms with Crippen LogP contribution in [-0.2, 0) is 5.54 Å². The molecule has 1 aliphatic heterocycles. The molecule has 10 nitrogen and oxygen atoms in total. The van der Waals surface area contributed by atoms with Crippen LogP contribution in [0.5, 0.6) is 0 Å². The molecular formula is C23H27N5O5. The van der Waals surface area contributed by atoms with Gasteiger partial charge in [0.15, 0.2) is 5.76 Å². The van der Waals surface area contributed by atoms with Crippen LogP contribution in [0.2, 0.25) is 0 Å². The van der Waals surface area contributed by atoms with Crippen molar-refractivity contribution < 1.29 is 18.9 Å². The number of carbonyl (C=O) groups excluding carboxylic acids is 2. The number of aromatic nitrogens is 2. The fraction of sp³-hybridized carbons (Fsp3) is 0.609. The molecule has 0 spiro atoms. The van der Waals surface area contributed by atoms with Crippen LogP contribution in [0.1, 0.15) is 59.6 Å². The Morgan fingerprint density at radius 1 is 1.00 bits per heavy atom. The lowest BCUT2D eigenvalue weighted by atomic mass is 9.53. The van der Waals surface area contributed by atoms with Gasteiger partial charge in [-0.1, -0.05) is 0 Å². The van der Waals surface area contributed by atoms with E-state index in [9.17, 15) is 19.7 Å². The number of nitro groups is 1. The zero-order valence-electron chi connectivity index (χ0n) is 18.4. The first kappa shape index (κ1) is 20.4. The van der Waals surface area contributed by atoms with Gasteiger partial charge in [-0.3, -0.25) is 24.4 Å². The molecule has 0 unspecified atom stereocenters. The van der Waals surface area contributed by atoms with Crippen LogP contribution in [0.4, 0.5) is 5.69 Å². The van der Waals surface area contributed by atoms with E-state index in [2.05, 4.69) is 5.10 Å². The largest absolute Gasteiger partial charge is 0.459 e. The maximum atomic E-state index is 13.3. The molecule has 2 amide bonds. The first-order chi connectivity index (χ1) is 15.9. The number of carbonyl (C=O) groups is 2. The summed E-state index contributed by atoms with van der Waals surface area (Å²) in [6.45, 7) is 1.28. The fourth-order valence-corrected chi connectivity index (χ4v) is 7.06. The molecule has 4 saturated carbocycles. The number of furan rings is 1. The molecule has 0 aromatic carbocycles. The van der Waals surface area contributed by atoms with Crippen LogP contribution >= 0.6 is 0 Å². The quantitative estimate of drug-likeness (QED) is 0.519. The van der Waals surface area contributed by atoms with Gasteiger partial charge in [0, 0.05) is 26.2 Å². The number of rotatable bonds is 4. The molecule has 33 heavy (non-hydrogen) atoms. The highest BCUT2D eigenvalue weighted by molar-refractivity contribution is 5.96. The van der Waals surface area contributed by atoms with Crippen LogP contribution in [0.15, 0.2) is 29.0 Å². The van der Waals surface area contributed by atoms with E-state index < -0.39 is 10.8 Å². The molecule has 1 saturated heterocycles. The smallest absolute Gasteiger partial charge is 0.320 e. The van der Waals surface area contributed by atoms with E-state index in [0.29, 0.717) is 43.9 Å². The zero-order chi connectivity index (χ0) is 22.7. The van der Waals surface area contributed by atoms with Crippen LogP contribution in [-0.4, -0.2) is 62.5 Å². The van der Waals surface area contributed by atoms with Crippen LogP contribution < -0.4 is 0 Å². The average molecular weight is 453 g/mol. The zero-order valence-corrected chi connectivity index (χ0v) is 18.4. The van der Waals surface area contributed by atoms with E-state index in [0.717, 1.165) is 19.3 Å².